The largest absolute Gasteiger partial charge is 0.493 e. The van der Waals surface area contributed by atoms with Crippen LogP contribution in [0.25, 0.3) is 0 Å². The summed E-state index contributed by atoms with van der Waals surface area (Å²) in [5.41, 5.74) is 1.89. The van der Waals surface area contributed by atoms with Crippen molar-refractivity contribution in [2.45, 2.75) is 44.5 Å². The first-order valence-electron chi connectivity index (χ1n) is 10.9. The number of hydrogen-bond donors (Lipinski definition) is 1. The van der Waals surface area contributed by atoms with Crippen LogP contribution < -0.4 is 14.8 Å². The standard InChI is InChI=1S/C25H29BrN4O3S/c1-6-13-30-24(17(4)33-22-10-8-7-9-21(22)32-5)28-29-25(30)34-15-23(31)27-20-12-11-18(26)14-19(20)16(2)3/h6-12,14,16-17H,1,13,15H2,2-5H3,(H,27,31). The van der Waals surface area contributed by atoms with Gasteiger partial charge in [-0.1, -0.05) is 59.7 Å². The second-order valence-electron chi connectivity index (χ2n) is 7.87. The molecule has 1 atom stereocenters. The Hall–Kier alpha value is -2.78. The summed E-state index contributed by atoms with van der Waals surface area (Å²) in [7, 11) is 1.60. The van der Waals surface area contributed by atoms with Crippen LogP contribution in [0.5, 0.6) is 11.5 Å². The van der Waals surface area contributed by atoms with E-state index in [1.54, 1.807) is 13.2 Å². The number of anilines is 1. The highest BCUT2D eigenvalue weighted by atomic mass is 79.9. The van der Waals surface area contributed by atoms with E-state index in [9.17, 15) is 4.79 Å². The van der Waals surface area contributed by atoms with Gasteiger partial charge in [-0.3, -0.25) is 9.36 Å². The Morgan fingerprint density at radius 2 is 1.94 bits per heavy atom. The minimum Gasteiger partial charge on any atom is -0.493 e. The molecule has 0 saturated heterocycles. The Balaban J connectivity index is 1.71. The highest BCUT2D eigenvalue weighted by molar-refractivity contribution is 9.10. The van der Waals surface area contributed by atoms with Crippen LogP contribution in [0, 0.1) is 0 Å². The van der Waals surface area contributed by atoms with Crippen molar-refractivity contribution in [2.24, 2.45) is 0 Å². The van der Waals surface area contributed by atoms with E-state index < -0.39 is 0 Å². The summed E-state index contributed by atoms with van der Waals surface area (Å²) in [5, 5.41) is 12.3. The van der Waals surface area contributed by atoms with Crippen molar-refractivity contribution in [3.63, 3.8) is 0 Å². The molecule has 0 saturated carbocycles. The van der Waals surface area contributed by atoms with Crippen molar-refractivity contribution < 1.29 is 14.3 Å². The molecule has 3 rings (SSSR count). The van der Waals surface area contributed by atoms with Crippen molar-refractivity contribution in [2.75, 3.05) is 18.2 Å². The van der Waals surface area contributed by atoms with Crippen molar-refractivity contribution in [3.8, 4) is 11.5 Å². The van der Waals surface area contributed by atoms with Crippen LogP contribution in [0.3, 0.4) is 0 Å². The molecule has 3 aromatic rings. The SMILES string of the molecule is C=CCn1c(SCC(=O)Nc2ccc(Br)cc2C(C)C)nnc1C(C)Oc1ccccc1OC. The van der Waals surface area contributed by atoms with Crippen LogP contribution in [-0.4, -0.2) is 33.5 Å². The van der Waals surface area contributed by atoms with Gasteiger partial charge in [-0.05, 0) is 48.7 Å². The summed E-state index contributed by atoms with van der Waals surface area (Å²) < 4.78 is 14.4. The van der Waals surface area contributed by atoms with Gasteiger partial charge < -0.3 is 14.8 Å². The first-order valence-corrected chi connectivity index (χ1v) is 12.7. The van der Waals surface area contributed by atoms with Gasteiger partial charge in [0.2, 0.25) is 5.91 Å². The molecule has 0 aliphatic rings. The molecular formula is C25H29BrN4O3S. The Labute approximate surface area is 213 Å². The lowest BCUT2D eigenvalue weighted by molar-refractivity contribution is -0.113. The quantitative estimate of drug-likeness (QED) is 0.227. The molecule has 1 heterocycles. The molecule has 9 heteroatoms. The zero-order valence-corrected chi connectivity index (χ0v) is 22.1. The lowest BCUT2D eigenvalue weighted by Crippen LogP contribution is -2.16. The monoisotopic (exact) mass is 544 g/mol. The van der Waals surface area contributed by atoms with Gasteiger partial charge >= 0.3 is 0 Å². The number of carbonyl (C=O) groups excluding carboxylic acids is 1. The molecular weight excluding hydrogens is 516 g/mol. The lowest BCUT2D eigenvalue weighted by Gasteiger charge is -2.17. The number of benzene rings is 2. The number of nitrogens with one attached hydrogen (secondary N) is 1. The van der Waals surface area contributed by atoms with Crippen molar-refractivity contribution >= 4 is 39.3 Å². The van der Waals surface area contributed by atoms with E-state index >= 15 is 0 Å². The van der Waals surface area contributed by atoms with E-state index in [-0.39, 0.29) is 23.7 Å². The van der Waals surface area contributed by atoms with E-state index in [1.807, 2.05) is 54.0 Å². The maximum absolute atomic E-state index is 12.7. The van der Waals surface area contributed by atoms with Crippen molar-refractivity contribution in [1.29, 1.82) is 0 Å². The predicted octanol–water partition coefficient (Wildman–Crippen LogP) is 6.23. The smallest absolute Gasteiger partial charge is 0.234 e. The molecule has 7 nitrogen and oxygen atoms in total. The van der Waals surface area contributed by atoms with Crippen LogP contribution in [-0.2, 0) is 11.3 Å². The van der Waals surface area contributed by atoms with E-state index in [0.29, 0.717) is 29.0 Å². The number of allylic oxidation sites excluding steroid dienone is 1. The van der Waals surface area contributed by atoms with Crippen LogP contribution in [0.2, 0.25) is 0 Å². The molecule has 1 amide bonds. The average molecular weight is 546 g/mol. The number of rotatable bonds is 11. The van der Waals surface area contributed by atoms with E-state index in [1.165, 1.54) is 11.8 Å². The number of halogens is 1. The average Bonchev–Trinajstić information content (AvgIpc) is 3.22. The lowest BCUT2D eigenvalue weighted by atomic mass is 10.0. The third kappa shape index (κ3) is 6.42. The van der Waals surface area contributed by atoms with E-state index in [4.69, 9.17) is 9.47 Å². The molecule has 1 unspecified atom stereocenters. The molecule has 2 aromatic carbocycles. The van der Waals surface area contributed by atoms with Gasteiger partial charge in [0.15, 0.2) is 28.6 Å². The molecule has 34 heavy (non-hydrogen) atoms. The molecule has 0 aliphatic heterocycles. The van der Waals surface area contributed by atoms with Gasteiger partial charge in [-0.15, -0.1) is 16.8 Å². The number of ether oxygens (including phenoxy) is 2. The number of methoxy groups -OCH3 is 1. The number of hydrogen-bond acceptors (Lipinski definition) is 6. The predicted molar refractivity (Wildman–Crippen MR) is 140 cm³/mol. The van der Waals surface area contributed by atoms with Crippen molar-refractivity contribution in [1.82, 2.24) is 14.8 Å². The minimum atomic E-state index is -0.386. The third-order valence-electron chi connectivity index (χ3n) is 5.04. The van der Waals surface area contributed by atoms with E-state index in [0.717, 1.165) is 15.7 Å². The van der Waals surface area contributed by atoms with Crippen LogP contribution >= 0.6 is 27.7 Å². The van der Waals surface area contributed by atoms with Gasteiger partial charge in [-0.2, -0.15) is 0 Å². The number of nitrogens with zero attached hydrogens (tertiary/aromatic N) is 3. The molecule has 0 aliphatic carbocycles. The van der Waals surface area contributed by atoms with Gasteiger partial charge in [0.05, 0.1) is 12.9 Å². The first-order chi connectivity index (χ1) is 16.3. The van der Waals surface area contributed by atoms with Crippen LogP contribution in [0.4, 0.5) is 5.69 Å². The zero-order valence-electron chi connectivity index (χ0n) is 19.7. The van der Waals surface area contributed by atoms with Gasteiger partial charge in [0, 0.05) is 16.7 Å². The normalized spacial score (nSPS) is 11.8. The first kappa shape index (κ1) is 25.8. The van der Waals surface area contributed by atoms with Crippen molar-refractivity contribution in [3.05, 3.63) is 71.0 Å². The summed E-state index contributed by atoms with van der Waals surface area (Å²) in [5.74, 6) is 2.28. The second-order valence-corrected chi connectivity index (χ2v) is 9.73. The third-order valence-corrected chi connectivity index (χ3v) is 6.50. The van der Waals surface area contributed by atoms with Gasteiger partial charge in [0.25, 0.3) is 0 Å². The van der Waals surface area contributed by atoms with Gasteiger partial charge in [-0.25, -0.2) is 0 Å². The Morgan fingerprint density at radius 1 is 1.21 bits per heavy atom. The summed E-state index contributed by atoms with van der Waals surface area (Å²) >= 11 is 4.82. The maximum atomic E-state index is 12.7. The Kier molecular flexibility index (Phi) is 9.18. The summed E-state index contributed by atoms with van der Waals surface area (Å²) in [4.78, 5) is 12.7. The number of aromatic nitrogens is 3. The molecule has 0 spiro atoms. The second kappa shape index (κ2) is 12.1. The fraction of sp³-hybridized carbons (Fsp3) is 0.320. The minimum absolute atomic E-state index is 0.109. The molecule has 0 fully saturated rings. The number of carbonyl (C=O) groups is 1. The zero-order chi connectivity index (χ0) is 24.7. The fourth-order valence-corrected chi connectivity index (χ4v) is 4.54. The van der Waals surface area contributed by atoms with Crippen LogP contribution in [0.15, 0.2) is 64.7 Å². The molecule has 0 bridgehead atoms. The summed E-state index contributed by atoms with van der Waals surface area (Å²) in [6.07, 6.45) is 1.38. The number of amides is 1. The topological polar surface area (TPSA) is 78.3 Å². The van der Waals surface area contributed by atoms with Crippen LogP contribution in [0.1, 0.15) is 44.2 Å². The molecule has 0 radical (unpaired) electrons. The molecule has 1 N–H and O–H groups in total. The molecule has 180 valence electrons. The summed E-state index contributed by atoms with van der Waals surface area (Å²) in [6.45, 7) is 10.4. The highest BCUT2D eigenvalue weighted by Gasteiger charge is 2.21. The molecule has 1 aromatic heterocycles. The number of para-hydroxylation sites is 2. The Bertz CT molecular complexity index is 1150. The highest BCUT2D eigenvalue weighted by Crippen LogP contribution is 2.31. The van der Waals surface area contributed by atoms with Gasteiger partial charge in [0.1, 0.15) is 0 Å². The maximum Gasteiger partial charge on any atom is 0.234 e. The Morgan fingerprint density at radius 3 is 2.62 bits per heavy atom. The van der Waals surface area contributed by atoms with E-state index in [2.05, 4.69) is 51.9 Å². The fourth-order valence-electron chi connectivity index (χ4n) is 3.41. The summed E-state index contributed by atoms with van der Waals surface area (Å²) in [6, 6.07) is 13.3. The number of thioether (sulfide) groups is 1.